The molecule has 0 unspecified atom stereocenters. The van der Waals surface area contributed by atoms with Gasteiger partial charge in [-0.2, -0.15) is 0 Å². The molecule has 1 fully saturated rings. The SMILES string of the molecule is Nc1ccc2c(c1)OC1(CCOCC1)CN2CCc1c[nH]c2ccccc12. The maximum Gasteiger partial charge on any atom is 0.145 e. The van der Waals surface area contributed by atoms with Crippen molar-refractivity contribution < 1.29 is 9.47 Å². The number of para-hydroxylation sites is 1. The molecule has 3 heterocycles. The highest BCUT2D eigenvalue weighted by Gasteiger charge is 2.41. The normalized spacial score (nSPS) is 18.4. The van der Waals surface area contributed by atoms with E-state index in [-0.39, 0.29) is 5.60 Å². The van der Waals surface area contributed by atoms with Crippen molar-refractivity contribution in [3.63, 3.8) is 0 Å². The van der Waals surface area contributed by atoms with Crippen LogP contribution in [0.5, 0.6) is 5.75 Å². The van der Waals surface area contributed by atoms with Crippen LogP contribution in [-0.4, -0.2) is 36.9 Å². The van der Waals surface area contributed by atoms with E-state index in [1.807, 2.05) is 12.1 Å². The lowest BCUT2D eigenvalue weighted by atomic mass is 9.91. The first-order valence-electron chi connectivity index (χ1n) is 9.69. The van der Waals surface area contributed by atoms with Gasteiger partial charge in [0, 0.05) is 48.2 Å². The number of nitrogens with one attached hydrogen (secondary N) is 1. The van der Waals surface area contributed by atoms with Crippen LogP contribution < -0.4 is 15.4 Å². The number of aromatic nitrogens is 1. The van der Waals surface area contributed by atoms with E-state index in [0.717, 1.165) is 62.7 Å². The molecule has 2 aromatic carbocycles. The molecule has 27 heavy (non-hydrogen) atoms. The van der Waals surface area contributed by atoms with Crippen molar-refractivity contribution in [2.45, 2.75) is 24.9 Å². The smallest absolute Gasteiger partial charge is 0.145 e. The van der Waals surface area contributed by atoms with Crippen molar-refractivity contribution in [2.75, 3.05) is 36.9 Å². The molecule has 2 aliphatic rings. The Bertz CT molecular complexity index is 959. The molecule has 5 rings (SSSR count). The number of nitrogen functional groups attached to an aromatic ring is 1. The van der Waals surface area contributed by atoms with Crippen molar-refractivity contribution in [3.05, 3.63) is 54.2 Å². The summed E-state index contributed by atoms with van der Waals surface area (Å²) in [6, 6.07) is 14.5. The fourth-order valence-corrected chi connectivity index (χ4v) is 4.37. The summed E-state index contributed by atoms with van der Waals surface area (Å²) in [4.78, 5) is 5.85. The molecule has 0 saturated carbocycles. The summed E-state index contributed by atoms with van der Waals surface area (Å²) in [6.45, 7) is 3.36. The van der Waals surface area contributed by atoms with Gasteiger partial charge in [0.1, 0.15) is 11.4 Å². The van der Waals surface area contributed by atoms with E-state index in [4.69, 9.17) is 15.2 Å². The quantitative estimate of drug-likeness (QED) is 0.696. The highest BCUT2D eigenvalue weighted by Crippen LogP contribution is 2.42. The molecule has 0 radical (unpaired) electrons. The predicted molar refractivity (Wildman–Crippen MR) is 108 cm³/mol. The van der Waals surface area contributed by atoms with Gasteiger partial charge in [0.25, 0.3) is 0 Å². The van der Waals surface area contributed by atoms with Gasteiger partial charge in [-0.1, -0.05) is 18.2 Å². The zero-order chi connectivity index (χ0) is 18.3. The number of fused-ring (bicyclic) bond motifs is 2. The van der Waals surface area contributed by atoms with Gasteiger partial charge in [0.15, 0.2) is 0 Å². The lowest BCUT2D eigenvalue weighted by Gasteiger charge is -2.46. The molecule has 140 valence electrons. The molecule has 0 aliphatic carbocycles. The van der Waals surface area contributed by atoms with Crippen molar-refractivity contribution in [3.8, 4) is 5.75 Å². The van der Waals surface area contributed by atoms with Gasteiger partial charge in [-0.15, -0.1) is 0 Å². The summed E-state index contributed by atoms with van der Waals surface area (Å²) in [6.07, 6.45) is 4.97. The van der Waals surface area contributed by atoms with E-state index >= 15 is 0 Å². The lowest BCUT2D eigenvalue weighted by Crippen LogP contribution is -2.54. The standard InChI is InChI=1S/C22H25N3O2/c23-17-5-6-20-21(13-17)27-22(8-11-26-12-9-22)15-25(20)10-7-16-14-24-19-4-2-1-3-18(16)19/h1-6,13-14,24H,7-12,15,23H2. The van der Waals surface area contributed by atoms with Crippen LogP contribution in [0.3, 0.4) is 0 Å². The molecule has 1 spiro atoms. The average Bonchev–Trinajstić information content (AvgIpc) is 3.09. The summed E-state index contributed by atoms with van der Waals surface area (Å²) in [5.74, 6) is 0.905. The van der Waals surface area contributed by atoms with Gasteiger partial charge in [-0.05, 0) is 30.2 Å². The van der Waals surface area contributed by atoms with Crippen molar-refractivity contribution >= 4 is 22.3 Å². The molecule has 0 atom stereocenters. The number of rotatable bonds is 3. The van der Waals surface area contributed by atoms with E-state index in [2.05, 4.69) is 46.4 Å². The number of anilines is 2. The fraction of sp³-hybridized carbons (Fsp3) is 0.364. The average molecular weight is 363 g/mol. The minimum atomic E-state index is -0.167. The Labute approximate surface area is 159 Å². The number of hydrogen-bond acceptors (Lipinski definition) is 4. The number of ether oxygens (including phenoxy) is 2. The predicted octanol–water partition coefficient (Wildman–Crippen LogP) is 3.74. The molecule has 5 heteroatoms. The Morgan fingerprint density at radius 2 is 1.96 bits per heavy atom. The first-order valence-corrected chi connectivity index (χ1v) is 9.69. The fourth-order valence-electron chi connectivity index (χ4n) is 4.37. The van der Waals surface area contributed by atoms with Gasteiger partial charge < -0.3 is 25.1 Å². The number of H-pyrrole nitrogens is 1. The second kappa shape index (κ2) is 6.50. The maximum absolute atomic E-state index is 6.47. The third-order valence-corrected chi connectivity index (χ3v) is 5.86. The Balaban J connectivity index is 1.43. The zero-order valence-corrected chi connectivity index (χ0v) is 15.4. The van der Waals surface area contributed by atoms with Crippen molar-refractivity contribution in [1.82, 2.24) is 4.98 Å². The Kier molecular flexibility index (Phi) is 3.97. The molecule has 0 bridgehead atoms. The van der Waals surface area contributed by atoms with Crippen LogP contribution in [0.1, 0.15) is 18.4 Å². The molecule has 1 aromatic heterocycles. The second-order valence-corrected chi connectivity index (χ2v) is 7.66. The number of aromatic amines is 1. The summed E-state index contributed by atoms with van der Waals surface area (Å²) in [5, 5.41) is 1.31. The van der Waals surface area contributed by atoms with Crippen LogP contribution in [0.15, 0.2) is 48.7 Å². The molecular formula is C22H25N3O2. The Hall–Kier alpha value is -2.66. The minimum absolute atomic E-state index is 0.167. The van der Waals surface area contributed by atoms with Crippen molar-refractivity contribution in [2.24, 2.45) is 0 Å². The van der Waals surface area contributed by atoms with Gasteiger partial charge in [0.2, 0.25) is 0 Å². The summed E-state index contributed by atoms with van der Waals surface area (Å²) >= 11 is 0. The largest absolute Gasteiger partial charge is 0.483 e. The third kappa shape index (κ3) is 3.02. The van der Waals surface area contributed by atoms with Crippen LogP contribution in [0.25, 0.3) is 10.9 Å². The minimum Gasteiger partial charge on any atom is -0.483 e. The number of benzene rings is 2. The molecule has 1 saturated heterocycles. The van der Waals surface area contributed by atoms with E-state index in [1.165, 1.54) is 16.5 Å². The summed E-state index contributed by atoms with van der Waals surface area (Å²) < 4.78 is 12.1. The molecular weight excluding hydrogens is 338 g/mol. The highest BCUT2D eigenvalue weighted by molar-refractivity contribution is 5.83. The topological polar surface area (TPSA) is 63.5 Å². The first kappa shape index (κ1) is 16.5. The van der Waals surface area contributed by atoms with Crippen LogP contribution >= 0.6 is 0 Å². The number of nitrogens with zero attached hydrogens (tertiary/aromatic N) is 1. The van der Waals surface area contributed by atoms with E-state index < -0.39 is 0 Å². The first-order chi connectivity index (χ1) is 13.2. The van der Waals surface area contributed by atoms with Crippen LogP contribution in [0.2, 0.25) is 0 Å². The van der Waals surface area contributed by atoms with Crippen molar-refractivity contribution in [1.29, 1.82) is 0 Å². The zero-order valence-electron chi connectivity index (χ0n) is 15.4. The Morgan fingerprint density at radius 3 is 2.85 bits per heavy atom. The van der Waals surface area contributed by atoms with Gasteiger partial charge >= 0.3 is 0 Å². The van der Waals surface area contributed by atoms with Gasteiger partial charge in [0.05, 0.1) is 25.4 Å². The van der Waals surface area contributed by atoms with E-state index in [9.17, 15) is 0 Å². The third-order valence-electron chi connectivity index (χ3n) is 5.86. The molecule has 5 nitrogen and oxygen atoms in total. The summed E-state index contributed by atoms with van der Waals surface area (Å²) in [7, 11) is 0. The van der Waals surface area contributed by atoms with E-state index in [0.29, 0.717) is 0 Å². The summed E-state index contributed by atoms with van der Waals surface area (Å²) in [5.41, 5.74) is 10.3. The number of nitrogens with two attached hydrogens (primary N) is 1. The lowest BCUT2D eigenvalue weighted by molar-refractivity contribution is -0.0454. The second-order valence-electron chi connectivity index (χ2n) is 7.66. The molecule has 3 aromatic rings. The van der Waals surface area contributed by atoms with Gasteiger partial charge in [-0.3, -0.25) is 0 Å². The molecule has 2 aliphatic heterocycles. The van der Waals surface area contributed by atoms with Crippen LogP contribution in [-0.2, 0) is 11.2 Å². The monoisotopic (exact) mass is 363 g/mol. The Morgan fingerprint density at radius 1 is 1.11 bits per heavy atom. The van der Waals surface area contributed by atoms with Gasteiger partial charge in [-0.25, -0.2) is 0 Å². The van der Waals surface area contributed by atoms with Crippen LogP contribution in [0, 0.1) is 0 Å². The molecule has 3 N–H and O–H groups in total. The maximum atomic E-state index is 6.47. The molecule has 0 amide bonds. The highest BCUT2D eigenvalue weighted by atomic mass is 16.5. The van der Waals surface area contributed by atoms with E-state index in [1.54, 1.807) is 0 Å². The van der Waals surface area contributed by atoms with Crippen LogP contribution in [0.4, 0.5) is 11.4 Å². The number of hydrogen-bond donors (Lipinski definition) is 2.